The van der Waals surface area contributed by atoms with Crippen LogP contribution in [0.3, 0.4) is 0 Å². The molecule has 0 N–H and O–H groups in total. The number of aryl methyl sites for hydroxylation is 4. The van der Waals surface area contributed by atoms with Gasteiger partial charge in [-0.1, -0.05) is 11.8 Å². The van der Waals surface area contributed by atoms with E-state index in [1.807, 2.05) is 52.0 Å². The zero-order chi connectivity index (χ0) is 45.0. The number of benzene rings is 2. The Kier molecular flexibility index (Phi) is 14.4. The summed E-state index contributed by atoms with van der Waals surface area (Å²) >= 11 is 0. The van der Waals surface area contributed by atoms with Crippen molar-refractivity contribution in [3.8, 4) is 23.7 Å². The molecule has 0 atom stereocenters. The molecule has 4 fully saturated rings. The van der Waals surface area contributed by atoms with E-state index >= 15 is 0 Å². The monoisotopic (exact) mass is 828 g/mol. The minimum absolute atomic E-state index is 0.00639. The molecule has 0 bridgehead atoms. The van der Waals surface area contributed by atoms with Crippen molar-refractivity contribution in [3.63, 3.8) is 0 Å². The number of Topliss-reactive ketones (excluding diaryl/α,β-unsaturated/α-hetero) is 5. The van der Waals surface area contributed by atoms with Crippen LogP contribution in [0.5, 0.6) is 0 Å². The van der Waals surface area contributed by atoms with Crippen molar-refractivity contribution in [1.82, 2.24) is 14.8 Å². The summed E-state index contributed by atoms with van der Waals surface area (Å²) in [6, 6.07) is 7.81. The van der Waals surface area contributed by atoms with Crippen molar-refractivity contribution in [3.05, 3.63) is 68.8 Å². The highest BCUT2D eigenvalue weighted by Gasteiger charge is 2.49. The van der Waals surface area contributed by atoms with Crippen LogP contribution in [0.2, 0.25) is 0 Å². The first-order chi connectivity index (χ1) is 28.7. The molecule has 0 aromatic heterocycles. The molecule has 61 heavy (non-hydrogen) atoms. The average molecular weight is 829 g/mol. The predicted octanol–water partition coefficient (Wildman–Crippen LogP) is 6.12. The lowest BCUT2D eigenvalue weighted by Gasteiger charge is -2.44. The van der Waals surface area contributed by atoms with Crippen molar-refractivity contribution >= 4 is 46.4 Å². The molecule has 4 aliphatic rings. The molecule has 11 nitrogen and oxygen atoms in total. The molecule has 2 amide bonds. The summed E-state index contributed by atoms with van der Waals surface area (Å²) in [6.45, 7) is 16.3. The molecule has 2 aromatic carbocycles. The Hall–Kier alpha value is -5.68. The van der Waals surface area contributed by atoms with E-state index in [-0.39, 0.29) is 39.9 Å². The second kappa shape index (κ2) is 18.9. The van der Waals surface area contributed by atoms with Gasteiger partial charge in [0.25, 0.3) is 11.8 Å². The zero-order valence-corrected chi connectivity index (χ0v) is 37.6. The fourth-order valence-corrected chi connectivity index (χ4v) is 10.2. The second-order valence-corrected chi connectivity index (χ2v) is 17.9. The first-order valence-electron chi connectivity index (χ1n) is 21.2. The van der Waals surface area contributed by atoms with Crippen molar-refractivity contribution in [1.29, 1.82) is 0 Å². The van der Waals surface area contributed by atoms with Crippen LogP contribution in [0.4, 0.5) is 0 Å². The van der Waals surface area contributed by atoms with Crippen molar-refractivity contribution in [2.24, 2.45) is 15.9 Å². The van der Waals surface area contributed by atoms with Crippen molar-refractivity contribution < 1.29 is 33.6 Å². The number of hydrogen-bond donors (Lipinski definition) is 0. The number of carbonyl (C=O) groups excluding carboxylic acids is 7. The number of hydrazone groups is 1. The van der Waals surface area contributed by atoms with E-state index in [9.17, 15) is 33.6 Å². The van der Waals surface area contributed by atoms with Crippen molar-refractivity contribution in [2.75, 3.05) is 40.3 Å². The highest BCUT2D eigenvalue weighted by Crippen LogP contribution is 2.48. The smallest absolute Gasteiger partial charge is 0.289 e. The number of nitrogens with zero attached hydrogens (tertiary/aromatic N) is 4. The van der Waals surface area contributed by atoms with E-state index in [4.69, 9.17) is 0 Å². The summed E-state index contributed by atoms with van der Waals surface area (Å²) in [4.78, 5) is 92.1. The van der Waals surface area contributed by atoms with Crippen LogP contribution < -0.4 is 0 Å². The molecule has 0 unspecified atom stereocenters. The predicted molar refractivity (Wildman–Crippen MR) is 235 cm³/mol. The van der Waals surface area contributed by atoms with Gasteiger partial charge in [-0.2, -0.15) is 5.10 Å². The van der Waals surface area contributed by atoms with E-state index < -0.39 is 23.5 Å². The van der Waals surface area contributed by atoms with Crippen LogP contribution in [0, 0.1) is 62.2 Å². The Morgan fingerprint density at radius 1 is 0.590 bits per heavy atom. The second-order valence-electron chi connectivity index (χ2n) is 17.9. The van der Waals surface area contributed by atoms with Gasteiger partial charge in [0.05, 0.1) is 0 Å². The first kappa shape index (κ1) is 46.4. The van der Waals surface area contributed by atoms with Crippen LogP contribution in [0.1, 0.15) is 135 Å². The summed E-state index contributed by atoms with van der Waals surface area (Å²) in [7, 11) is 3.57. The molecule has 6 rings (SSSR count). The third-order valence-corrected chi connectivity index (χ3v) is 13.0. The molecule has 2 saturated carbocycles. The summed E-state index contributed by atoms with van der Waals surface area (Å²) in [6.07, 6.45) is 3.99. The first-order valence-corrected chi connectivity index (χ1v) is 21.2. The summed E-state index contributed by atoms with van der Waals surface area (Å²) < 4.78 is 0. The fourth-order valence-electron chi connectivity index (χ4n) is 10.2. The average Bonchev–Trinajstić information content (AvgIpc) is 3.16. The Morgan fingerprint density at radius 3 is 1.18 bits per heavy atom. The molecule has 2 spiro atoms. The van der Waals surface area contributed by atoms with E-state index in [1.165, 1.54) is 11.8 Å². The highest BCUT2D eigenvalue weighted by molar-refractivity contribution is 6.37. The van der Waals surface area contributed by atoms with Gasteiger partial charge in [0.1, 0.15) is 40.7 Å². The quantitative estimate of drug-likeness (QED) is 0.115. The van der Waals surface area contributed by atoms with E-state index in [0.29, 0.717) is 83.3 Å². The summed E-state index contributed by atoms with van der Waals surface area (Å²) in [5, 5.41) is 5.81. The molecular formula is C50H60N4O7. The molecule has 2 aliphatic carbocycles. The van der Waals surface area contributed by atoms with Crippen LogP contribution in [0.25, 0.3) is 0 Å². The molecule has 2 heterocycles. The van der Waals surface area contributed by atoms with Crippen LogP contribution in [-0.2, 0) is 33.6 Å². The Bertz CT molecular complexity index is 2230. The molecular weight excluding hydrogens is 769 g/mol. The maximum Gasteiger partial charge on any atom is 0.289 e. The normalized spacial score (nSPS) is 20.0. The van der Waals surface area contributed by atoms with Crippen LogP contribution in [-0.4, -0.2) is 102 Å². The van der Waals surface area contributed by atoms with Gasteiger partial charge >= 0.3 is 0 Å². The van der Waals surface area contributed by atoms with Crippen molar-refractivity contribution in [2.45, 2.75) is 119 Å². The maximum atomic E-state index is 13.3. The summed E-state index contributed by atoms with van der Waals surface area (Å²) in [5.41, 5.74) is 6.94. The number of carbonyl (C=O) groups is 7. The number of ketones is 5. The molecule has 2 aliphatic heterocycles. The third-order valence-electron chi connectivity index (χ3n) is 13.0. The van der Waals surface area contributed by atoms with Gasteiger partial charge < -0.3 is 14.8 Å². The van der Waals surface area contributed by atoms with Gasteiger partial charge in [0, 0.05) is 84.0 Å². The van der Waals surface area contributed by atoms with Gasteiger partial charge in [0.15, 0.2) is 0 Å². The minimum Gasteiger partial charge on any atom is -0.338 e. The largest absolute Gasteiger partial charge is 0.338 e. The number of likely N-dealkylation sites (tertiary alicyclic amines) is 2. The SMILES string of the molecule is CC#Cc1cc(C)c(C2C(=O)CC3(CCN(C(=O)C(C)=NN(C)C)CC3)CC2=O)c(C)c1.CC#Cc1cc(C)c(C2C(=O)CC3(CCN(C(=O)C(C)=O)CC3)CC2=O)c(C)c1. The van der Waals surface area contributed by atoms with Gasteiger partial charge in [-0.15, -0.1) is 11.8 Å². The molecule has 322 valence electrons. The molecule has 2 saturated heterocycles. The molecule has 2 aromatic rings. The number of piperidine rings is 2. The Balaban J connectivity index is 0.000000232. The molecule has 0 radical (unpaired) electrons. The topological polar surface area (TPSA) is 142 Å². The number of amides is 2. The van der Waals surface area contributed by atoms with E-state index in [0.717, 1.165) is 44.5 Å². The lowest BCUT2D eigenvalue weighted by Crippen LogP contribution is -2.49. The zero-order valence-electron chi connectivity index (χ0n) is 37.6. The number of rotatable bonds is 5. The third kappa shape index (κ3) is 10.3. The Labute approximate surface area is 361 Å². The van der Waals surface area contributed by atoms with Gasteiger partial charge in [-0.25, -0.2) is 0 Å². The van der Waals surface area contributed by atoms with Gasteiger partial charge in [-0.3, -0.25) is 33.6 Å². The van der Waals surface area contributed by atoms with E-state index in [2.05, 4.69) is 28.8 Å². The van der Waals surface area contributed by atoms with Gasteiger partial charge in [-0.05, 0) is 143 Å². The lowest BCUT2D eigenvalue weighted by atomic mass is 9.62. The Morgan fingerprint density at radius 2 is 0.902 bits per heavy atom. The lowest BCUT2D eigenvalue weighted by molar-refractivity contribution is -0.147. The highest BCUT2D eigenvalue weighted by atomic mass is 16.2. The summed E-state index contributed by atoms with van der Waals surface area (Å²) in [5.74, 6) is 9.39. The fraction of sp³-hybridized carbons (Fsp3) is 0.520. The van der Waals surface area contributed by atoms with Crippen LogP contribution in [0.15, 0.2) is 29.4 Å². The maximum absolute atomic E-state index is 13.3. The minimum atomic E-state index is -0.707. The van der Waals surface area contributed by atoms with Gasteiger partial charge in [0.2, 0.25) is 5.78 Å². The van der Waals surface area contributed by atoms with Crippen LogP contribution >= 0.6 is 0 Å². The number of hydrogen-bond acceptors (Lipinski definition) is 9. The standard InChI is InChI=1S/C26H33N3O3.C24H27NO4/c1-7-8-20-13-17(2)23(18(3)14-20)24-21(30)15-26(16-22(24)31)9-11-29(12-10-26)25(32)19(4)27-28(5)6;1-5-6-18-11-15(2)21(16(3)12-18)22-19(27)13-24(14-20(22)28)7-9-25(10-8-24)23(29)17(4)26/h13-14,24H,9-12,15-16H2,1-6H3;11-12,22H,7-10,13-14H2,1-4H3. The molecule has 11 heteroatoms. The van der Waals surface area contributed by atoms with E-state index in [1.54, 1.807) is 44.8 Å².